The van der Waals surface area contributed by atoms with Crippen molar-refractivity contribution in [3.05, 3.63) is 58.3 Å². The van der Waals surface area contributed by atoms with Gasteiger partial charge in [0.1, 0.15) is 4.60 Å². The smallest absolute Gasteiger partial charge is 0.255 e. The van der Waals surface area contributed by atoms with Crippen molar-refractivity contribution in [2.75, 3.05) is 5.32 Å². The van der Waals surface area contributed by atoms with Crippen LogP contribution in [0.4, 0.5) is 5.69 Å². The van der Waals surface area contributed by atoms with Crippen molar-refractivity contribution in [3.63, 3.8) is 0 Å². The molecular formula is C14H10BrN3O. The second-order valence-corrected chi connectivity index (χ2v) is 4.67. The molecule has 0 radical (unpaired) electrons. The van der Waals surface area contributed by atoms with Crippen LogP contribution in [0, 0.1) is 11.3 Å². The number of benzene rings is 1. The summed E-state index contributed by atoms with van der Waals surface area (Å²) in [5, 5.41) is 11.4. The summed E-state index contributed by atoms with van der Waals surface area (Å²) in [4.78, 5) is 15.9. The van der Waals surface area contributed by atoms with Gasteiger partial charge in [0.05, 0.1) is 12.5 Å². The summed E-state index contributed by atoms with van der Waals surface area (Å²) in [7, 11) is 0. The van der Waals surface area contributed by atoms with Crippen LogP contribution in [0.2, 0.25) is 0 Å². The van der Waals surface area contributed by atoms with Gasteiger partial charge in [-0.2, -0.15) is 5.26 Å². The fraction of sp³-hybridized carbons (Fsp3) is 0.0714. The van der Waals surface area contributed by atoms with Crippen molar-refractivity contribution in [2.45, 2.75) is 6.42 Å². The number of pyridine rings is 1. The Morgan fingerprint density at radius 1 is 1.32 bits per heavy atom. The van der Waals surface area contributed by atoms with Crippen molar-refractivity contribution < 1.29 is 4.79 Å². The number of hydrogen-bond acceptors (Lipinski definition) is 3. The average molecular weight is 316 g/mol. The molecule has 1 N–H and O–H groups in total. The molecule has 0 aliphatic rings. The summed E-state index contributed by atoms with van der Waals surface area (Å²) >= 11 is 3.22. The SMILES string of the molecule is N#CCc1ccc(NC(=O)c2ccnc(Br)c2)cc1. The Morgan fingerprint density at radius 2 is 2.05 bits per heavy atom. The molecule has 0 saturated carbocycles. The van der Waals surface area contributed by atoms with Crippen molar-refractivity contribution in [1.29, 1.82) is 5.26 Å². The maximum absolute atomic E-state index is 12.0. The highest BCUT2D eigenvalue weighted by Crippen LogP contribution is 2.13. The predicted molar refractivity (Wildman–Crippen MR) is 75.6 cm³/mol. The molecule has 0 saturated heterocycles. The van der Waals surface area contributed by atoms with Gasteiger partial charge in [0.2, 0.25) is 0 Å². The van der Waals surface area contributed by atoms with Crippen LogP contribution in [-0.4, -0.2) is 10.9 Å². The summed E-state index contributed by atoms with van der Waals surface area (Å²) < 4.78 is 0.615. The Morgan fingerprint density at radius 3 is 2.68 bits per heavy atom. The predicted octanol–water partition coefficient (Wildman–Crippen LogP) is 3.16. The summed E-state index contributed by atoms with van der Waals surface area (Å²) in [5.41, 5.74) is 2.15. The number of halogens is 1. The molecule has 5 heteroatoms. The number of nitrogens with zero attached hydrogens (tertiary/aromatic N) is 2. The average Bonchev–Trinajstić information content (AvgIpc) is 2.41. The third-order valence-electron chi connectivity index (χ3n) is 2.48. The Labute approximate surface area is 119 Å². The zero-order valence-electron chi connectivity index (χ0n) is 9.93. The summed E-state index contributed by atoms with van der Waals surface area (Å²) in [6.45, 7) is 0. The maximum Gasteiger partial charge on any atom is 0.255 e. The van der Waals surface area contributed by atoms with Crippen LogP contribution in [0.1, 0.15) is 15.9 Å². The summed E-state index contributed by atoms with van der Waals surface area (Å²) in [5.74, 6) is -0.198. The number of aromatic nitrogens is 1. The van der Waals surface area contributed by atoms with Crippen LogP contribution in [0.15, 0.2) is 47.2 Å². The van der Waals surface area contributed by atoms with E-state index < -0.39 is 0 Å². The van der Waals surface area contributed by atoms with Crippen molar-refractivity contribution in [2.24, 2.45) is 0 Å². The maximum atomic E-state index is 12.0. The molecule has 0 bridgehead atoms. The van der Waals surface area contributed by atoms with Crippen molar-refractivity contribution in [1.82, 2.24) is 4.98 Å². The Bertz CT molecular complexity index is 632. The normalized spacial score (nSPS) is 9.68. The summed E-state index contributed by atoms with van der Waals surface area (Å²) in [6.07, 6.45) is 1.93. The first-order chi connectivity index (χ1) is 9.19. The number of carbonyl (C=O) groups is 1. The fourth-order valence-corrected chi connectivity index (χ4v) is 1.91. The molecule has 0 atom stereocenters. The van der Waals surface area contributed by atoms with E-state index in [1.807, 2.05) is 12.1 Å². The molecule has 1 heterocycles. The van der Waals surface area contributed by atoms with E-state index in [2.05, 4.69) is 32.3 Å². The lowest BCUT2D eigenvalue weighted by molar-refractivity contribution is 0.102. The second-order valence-electron chi connectivity index (χ2n) is 3.85. The fourth-order valence-electron chi connectivity index (χ4n) is 1.54. The van der Waals surface area contributed by atoms with E-state index in [1.54, 1.807) is 30.5 Å². The first-order valence-electron chi connectivity index (χ1n) is 5.58. The molecule has 1 aromatic carbocycles. The van der Waals surface area contributed by atoms with Gasteiger partial charge in [-0.15, -0.1) is 0 Å². The van der Waals surface area contributed by atoms with Crippen LogP contribution in [0.5, 0.6) is 0 Å². The van der Waals surface area contributed by atoms with Gasteiger partial charge >= 0.3 is 0 Å². The second kappa shape index (κ2) is 6.12. The van der Waals surface area contributed by atoms with E-state index in [1.165, 1.54) is 0 Å². The molecule has 94 valence electrons. The number of nitriles is 1. The first-order valence-corrected chi connectivity index (χ1v) is 6.37. The number of rotatable bonds is 3. The molecule has 1 aromatic heterocycles. The van der Waals surface area contributed by atoms with E-state index in [9.17, 15) is 4.79 Å². The highest BCUT2D eigenvalue weighted by molar-refractivity contribution is 9.10. The third-order valence-corrected chi connectivity index (χ3v) is 2.92. The molecule has 4 nitrogen and oxygen atoms in total. The van der Waals surface area contributed by atoms with Crippen LogP contribution in [-0.2, 0) is 6.42 Å². The van der Waals surface area contributed by atoms with E-state index in [0.717, 1.165) is 5.56 Å². The number of amides is 1. The third kappa shape index (κ3) is 3.63. The van der Waals surface area contributed by atoms with Crippen molar-refractivity contribution >= 4 is 27.5 Å². The van der Waals surface area contributed by atoms with Gasteiger partial charge in [-0.1, -0.05) is 12.1 Å². The quantitative estimate of drug-likeness (QED) is 0.885. The van der Waals surface area contributed by atoms with Crippen LogP contribution < -0.4 is 5.32 Å². The number of nitrogens with one attached hydrogen (secondary N) is 1. The van der Waals surface area contributed by atoms with Gasteiger partial charge in [-0.25, -0.2) is 4.98 Å². The number of anilines is 1. The molecule has 0 aliphatic carbocycles. The molecule has 0 spiro atoms. The zero-order chi connectivity index (χ0) is 13.7. The lowest BCUT2D eigenvalue weighted by Gasteiger charge is -2.05. The monoisotopic (exact) mass is 315 g/mol. The minimum absolute atomic E-state index is 0.198. The van der Waals surface area contributed by atoms with E-state index in [0.29, 0.717) is 22.3 Å². The standard InChI is InChI=1S/C14H10BrN3O/c15-13-9-11(6-8-17-13)14(19)18-12-3-1-10(2-4-12)5-7-16/h1-4,6,8-9H,5H2,(H,18,19). The minimum Gasteiger partial charge on any atom is -0.322 e. The van der Waals surface area contributed by atoms with E-state index >= 15 is 0 Å². The molecule has 2 rings (SSSR count). The number of hydrogen-bond donors (Lipinski definition) is 1. The van der Waals surface area contributed by atoms with E-state index in [4.69, 9.17) is 5.26 Å². The summed E-state index contributed by atoms with van der Waals surface area (Å²) in [6, 6.07) is 12.6. The van der Waals surface area contributed by atoms with Crippen LogP contribution >= 0.6 is 15.9 Å². The highest BCUT2D eigenvalue weighted by atomic mass is 79.9. The largest absolute Gasteiger partial charge is 0.322 e. The number of carbonyl (C=O) groups excluding carboxylic acids is 1. The molecular weight excluding hydrogens is 306 g/mol. The van der Waals surface area contributed by atoms with Crippen molar-refractivity contribution in [3.8, 4) is 6.07 Å². The molecule has 2 aromatic rings. The van der Waals surface area contributed by atoms with E-state index in [-0.39, 0.29) is 5.91 Å². The molecule has 0 aliphatic heterocycles. The van der Waals surface area contributed by atoms with Gasteiger partial charge in [0.15, 0.2) is 0 Å². The molecule has 1 amide bonds. The highest BCUT2D eigenvalue weighted by Gasteiger charge is 2.06. The first kappa shape index (κ1) is 13.2. The Hall–Kier alpha value is -2.19. The molecule has 0 unspecified atom stereocenters. The van der Waals surface area contributed by atoms with Gasteiger partial charge < -0.3 is 5.32 Å². The van der Waals surface area contributed by atoms with Gasteiger partial charge in [-0.05, 0) is 45.8 Å². The van der Waals surface area contributed by atoms with Crippen LogP contribution in [0.3, 0.4) is 0 Å². The topological polar surface area (TPSA) is 65.8 Å². The van der Waals surface area contributed by atoms with Gasteiger partial charge in [-0.3, -0.25) is 4.79 Å². The minimum atomic E-state index is -0.198. The molecule has 19 heavy (non-hydrogen) atoms. The Balaban J connectivity index is 2.09. The van der Waals surface area contributed by atoms with Gasteiger partial charge in [0.25, 0.3) is 5.91 Å². The molecule has 0 fully saturated rings. The van der Waals surface area contributed by atoms with Crippen LogP contribution in [0.25, 0.3) is 0 Å². The Kier molecular flexibility index (Phi) is 4.26. The lowest BCUT2D eigenvalue weighted by Crippen LogP contribution is -2.11. The lowest BCUT2D eigenvalue weighted by atomic mass is 10.1. The zero-order valence-corrected chi connectivity index (χ0v) is 11.5. The van der Waals surface area contributed by atoms with Gasteiger partial charge in [0, 0.05) is 17.4 Å².